The normalized spacial score (nSPS) is 16.0. The van der Waals surface area contributed by atoms with Crippen LogP contribution in [0.2, 0.25) is 5.02 Å². The number of anilines is 2. The van der Waals surface area contributed by atoms with E-state index in [4.69, 9.17) is 20.8 Å². The van der Waals surface area contributed by atoms with Gasteiger partial charge in [0.25, 0.3) is 0 Å². The van der Waals surface area contributed by atoms with Gasteiger partial charge in [-0.2, -0.15) is 0 Å². The first-order valence-corrected chi connectivity index (χ1v) is 9.72. The van der Waals surface area contributed by atoms with E-state index in [-0.39, 0.29) is 36.6 Å². The van der Waals surface area contributed by atoms with Crippen LogP contribution in [0.25, 0.3) is 0 Å². The number of ether oxygens (including phenoxy) is 1. The summed E-state index contributed by atoms with van der Waals surface area (Å²) >= 11 is 5.91. The fourth-order valence-corrected chi connectivity index (χ4v) is 3.45. The molecule has 1 aromatic heterocycles. The van der Waals surface area contributed by atoms with E-state index in [0.29, 0.717) is 23.2 Å². The van der Waals surface area contributed by atoms with Crippen LogP contribution in [0.1, 0.15) is 23.8 Å². The summed E-state index contributed by atoms with van der Waals surface area (Å²) in [7, 11) is 1.57. The lowest BCUT2D eigenvalue weighted by molar-refractivity contribution is -0.117. The quantitative estimate of drug-likeness (QED) is 0.648. The SMILES string of the molecule is COc1cccc(CC(=O)Nc2nnc(C3CC(=O)N(c4ccc(Cl)cc4)C3)o2)c1. The Bertz CT molecular complexity index is 1070. The monoisotopic (exact) mass is 426 g/mol. The van der Waals surface area contributed by atoms with E-state index in [9.17, 15) is 9.59 Å². The van der Waals surface area contributed by atoms with Gasteiger partial charge in [-0.05, 0) is 42.0 Å². The highest BCUT2D eigenvalue weighted by Crippen LogP contribution is 2.32. The fourth-order valence-electron chi connectivity index (χ4n) is 3.32. The van der Waals surface area contributed by atoms with Crippen LogP contribution < -0.4 is 15.0 Å². The van der Waals surface area contributed by atoms with Gasteiger partial charge in [0.05, 0.1) is 19.4 Å². The van der Waals surface area contributed by atoms with E-state index >= 15 is 0 Å². The molecule has 0 spiro atoms. The zero-order valence-corrected chi connectivity index (χ0v) is 16.9. The molecule has 3 aromatic rings. The highest BCUT2D eigenvalue weighted by Gasteiger charge is 2.35. The molecule has 30 heavy (non-hydrogen) atoms. The molecule has 154 valence electrons. The van der Waals surface area contributed by atoms with Crippen LogP contribution in [0.3, 0.4) is 0 Å². The van der Waals surface area contributed by atoms with E-state index in [2.05, 4.69) is 15.5 Å². The van der Waals surface area contributed by atoms with E-state index in [1.54, 1.807) is 42.3 Å². The van der Waals surface area contributed by atoms with Gasteiger partial charge in [0.15, 0.2) is 0 Å². The Hall–Kier alpha value is -3.39. The van der Waals surface area contributed by atoms with Crippen molar-refractivity contribution in [3.8, 4) is 5.75 Å². The average molecular weight is 427 g/mol. The number of carbonyl (C=O) groups is 2. The Morgan fingerprint density at radius 2 is 2.07 bits per heavy atom. The van der Waals surface area contributed by atoms with Gasteiger partial charge in [0.1, 0.15) is 5.75 Å². The summed E-state index contributed by atoms with van der Waals surface area (Å²) in [6.07, 6.45) is 0.392. The molecule has 1 fully saturated rings. The minimum atomic E-state index is -0.288. The number of nitrogens with zero attached hydrogens (tertiary/aromatic N) is 3. The molecule has 9 heteroatoms. The highest BCUT2D eigenvalue weighted by atomic mass is 35.5. The first-order chi connectivity index (χ1) is 14.5. The van der Waals surface area contributed by atoms with E-state index < -0.39 is 0 Å². The van der Waals surface area contributed by atoms with Gasteiger partial charge in [-0.15, -0.1) is 5.10 Å². The van der Waals surface area contributed by atoms with Crippen molar-refractivity contribution in [3.05, 3.63) is 65.0 Å². The van der Waals surface area contributed by atoms with Gasteiger partial charge in [0.2, 0.25) is 17.7 Å². The Kier molecular flexibility index (Phi) is 5.67. The van der Waals surface area contributed by atoms with Gasteiger partial charge in [-0.1, -0.05) is 28.8 Å². The molecule has 2 aromatic carbocycles. The van der Waals surface area contributed by atoms with Gasteiger partial charge in [-0.3, -0.25) is 14.9 Å². The summed E-state index contributed by atoms with van der Waals surface area (Å²) in [5.41, 5.74) is 1.56. The molecule has 1 saturated heterocycles. The van der Waals surface area contributed by atoms with Crippen LogP contribution in [0.5, 0.6) is 5.75 Å². The lowest BCUT2D eigenvalue weighted by atomic mass is 10.1. The molecule has 4 rings (SSSR count). The Balaban J connectivity index is 1.38. The molecule has 1 unspecified atom stereocenters. The topological polar surface area (TPSA) is 97.6 Å². The van der Waals surface area contributed by atoms with Crippen molar-refractivity contribution in [2.24, 2.45) is 0 Å². The molecule has 0 bridgehead atoms. The van der Waals surface area contributed by atoms with Crippen LogP contribution in [0.15, 0.2) is 52.9 Å². The molecular weight excluding hydrogens is 408 g/mol. The van der Waals surface area contributed by atoms with E-state index in [0.717, 1.165) is 11.3 Å². The summed E-state index contributed by atoms with van der Waals surface area (Å²) in [5.74, 6) is 0.422. The third-order valence-electron chi connectivity index (χ3n) is 4.80. The molecule has 2 amide bonds. The van der Waals surface area contributed by atoms with Gasteiger partial charge in [-0.25, -0.2) is 0 Å². The predicted molar refractivity (Wildman–Crippen MR) is 111 cm³/mol. The second kappa shape index (κ2) is 8.54. The molecule has 2 heterocycles. The largest absolute Gasteiger partial charge is 0.497 e. The Labute approximate surface area is 177 Å². The number of aromatic nitrogens is 2. The van der Waals surface area contributed by atoms with Crippen molar-refractivity contribution >= 4 is 35.1 Å². The minimum Gasteiger partial charge on any atom is -0.497 e. The summed E-state index contributed by atoms with van der Waals surface area (Å²) in [5, 5.41) is 11.1. The second-order valence-corrected chi connectivity index (χ2v) is 7.34. The lowest BCUT2D eigenvalue weighted by Gasteiger charge is -2.16. The average Bonchev–Trinajstić information content (AvgIpc) is 3.35. The molecule has 1 aliphatic rings. The first-order valence-electron chi connectivity index (χ1n) is 9.34. The fraction of sp³-hybridized carbons (Fsp3) is 0.238. The molecule has 8 nitrogen and oxygen atoms in total. The Morgan fingerprint density at radius 1 is 1.27 bits per heavy atom. The minimum absolute atomic E-state index is 0.00953. The molecule has 1 aliphatic heterocycles. The molecule has 0 saturated carbocycles. The van der Waals surface area contributed by atoms with Crippen molar-refractivity contribution in [1.29, 1.82) is 0 Å². The van der Waals surface area contributed by atoms with Crippen molar-refractivity contribution in [2.75, 3.05) is 23.9 Å². The van der Waals surface area contributed by atoms with Crippen molar-refractivity contribution in [2.45, 2.75) is 18.8 Å². The van der Waals surface area contributed by atoms with Crippen LogP contribution in [0.4, 0.5) is 11.7 Å². The summed E-state index contributed by atoms with van der Waals surface area (Å²) < 4.78 is 10.8. The maximum absolute atomic E-state index is 12.4. The number of hydrogen-bond acceptors (Lipinski definition) is 6. The van der Waals surface area contributed by atoms with E-state index in [1.165, 1.54) is 0 Å². The van der Waals surface area contributed by atoms with Crippen molar-refractivity contribution in [3.63, 3.8) is 0 Å². The lowest BCUT2D eigenvalue weighted by Crippen LogP contribution is -2.24. The Morgan fingerprint density at radius 3 is 2.83 bits per heavy atom. The number of nitrogens with one attached hydrogen (secondary N) is 1. The second-order valence-electron chi connectivity index (χ2n) is 6.90. The smallest absolute Gasteiger partial charge is 0.322 e. The van der Waals surface area contributed by atoms with Crippen LogP contribution in [0, 0.1) is 0 Å². The summed E-state index contributed by atoms with van der Waals surface area (Å²) in [6, 6.07) is 14.3. The highest BCUT2D eigenvalue weighted by molar-refractivity contribution is 6.30. The number of rotatable bonds is 6. The maximum atomic E-state index is 12.4. The van der Waals surface area contributed by atoms with Crippen molar-refractivity contribution in [1.82, 2.24) is 10.2 Å². The molecule has 1 N–H and O–H groups in total. The number of carbonyl (C=O) groups excluding carboxylic acids is 2. The van der Waals surface area contributed by atoms with Crippen LogP contribution in [-0.4, -0.2) is 35.7 Å². The van der Waals surface area contributed by atoms with E-state index in [1.807, 2.05) is 18.2 Å². The maximum Gasteiger partial charge on any atom is 0.322 e. The number of halogens is 1. The standard InChI is InChI=1S/C21H19ClN4O4/c1-29-17-4-2-3-13(9-17)10-18(27)23-21-25-24-20(30-21)14-11-19(28)26(12-14)16-7-5-15(22)6-8-16/h2-9,14H,10-12H2,1H3,(H,23,25,27). The molecular formula is C21H19ClN4O4. The van der Waals surface area contributed by atoms with Crippen LogP contribution >= 0.6 is 11.6 Å². The zero-order valence-electron chi connectivity index (χ0n) is 16.2. The third kappa shape index (κ3) is 4.44. The van der Waals surface area contributed by atoms with Gasteiger partial charge >= 0.3 is 6.01 Å². The summed E-state index contributed by atoms with van der Waals surface area (Å²) in [4.78, 5) is 26.3. The molecule has 1 atom stereocenters. The number of amides is 2. The molecule has 0 aliphatic carbocycles. The van der Waals surface area contributed by atoms with Crippen molar-refractivity contribution < 1.29 is 18.7 Å². The first kappa shape index (κ1) is 19.9. The third-order valence-corrected chi connectivity index (χ3v) is 5.05. The number of benzene rings is 2. The molecule has 0 radical (unpaired) electrons. The van der Waals surface area contributed by atoms with Gasteiger partial charge < -0.3 is 14.1 Å². The number of methoxy groups -OCH3 is 1. The number of hydrogen-bond donors (Lipinski definition) is 1. The van der Waals surface area contributed by atoms with Gasteiger partial charge in [0, 0.05) is 23.7 Å². The predicted octanol–water partition coefficient (Wildman–Crippen LogP) is 3.43. The van der Waals surface area contributed by atoms with Crippen LogP contribution in [-0.2, 0) is 16.0 Å². The summed E-state index contributed by atoms with van der Waals surface area (Å²) in [6.45, 7) is 0.417. The zero-order chi connectivity index (χ0) is 21.1.